The molecule has 1 aliphatic heterocycles. The van der Waals surface area contributed by atoms with Gasteiger partial charge in [0, 0.05) is 12.2 Å². The number of nitrogens with one attached hydrogen (secondary N) is 1. The molecule has 2 N–H and O–H groups in total. The third-order valence-corrected chi connectivity index (χ3v) is 3.31. The first-order chi connectivity index (χ1) is 9.39. The Hall–Kier alpha value is -1.76. The molecule has 1 saturated heterocycles. The van der Waals surface area contributed by atoms with Gasteiger partial charge in [-0.05, 0) is 43.7 Å². The van der Waals surface area contributed by atoms with Crippen LogP contribution >= 0.6 is 0 Å². The van der Waals surface area contributed by atoms with E-state index in [9.17, 15) is 23.1 Å². The van der Waals surface area contributed by atoms with Crippen molar-refractivity contribution >= 4 is 11.8 Å². The Morgan fingerprint density at radius 2 is 1.95 bits per heavy atom. The van der Waals surface area contributed by atoms with E-state index in [0.717, 1.165) is 30.0 Å². The van der Waals surface area contributed by atoms with Crippen molar-refractivity contribution in [1.82, 2.24) is 5.32 Å². The zero-order valence-electron chi connectivity index (χ0n) is 10.7. The molecule has 2 rings (SSSR count). The monoisotopic (exact) mass is 288 g/mol. The number of piperidine rings is 1. The lowest BCUT2D eigenvalue weighted by atomic mass is 10.0. The normalized spacial score (nSPS) is 19.6. The molecule has 20 heavy (non-hydrogen) atoms. The first-order valence-corrected chi connectivity index (χ1v) is 6.30. The molecule has 0 radical (unpaired) electrons. The predicted molar refractivity (Wildman–Crippen MR) is 67.8 cm³/mol. The summed E-state index contributed by atoms with van der Waals surface area (Å²) in [4.78, 5) is 12.5. The molecule has 0 aromatic heterocycles. The number of hydrogen-bond acceptors (Lipinski definition) is 2. The summed E-state index contributed by atoms with van der Waals surface area (Å²) in [5.74, 6) is 0. The number of hydrogen-bond donors (Lipinski definition) is 2. The van der Waals surface area contributed by atoms with Crippen molar-refractivity contribution in [3.8, 4) is 0 Å². The summed E-state index contributed by atoms with van der Waals surface area (Å²) in [7, 11) is 0. The van der Waals surface area contributed by atoms with Crippen molar-refractivity contribution in [3.05, 3.63) is 29.8 Å². The summed E-state index contributed by atoms with van der Waals surface area (Å²) in [6.07, 6.45) is -4.03. The summed E-state index contributed by atoms with van der Waals surface area (Å²) in [6.45, 7) is 1.34. The smallest absolute Gasteiger partial charge is 0.416 e. The van der Waals surface area contributed by atoms with Crippen LogP contribution in [0.25, 0.3) is 0 Å². The Balaban J connectivity index is 2.23. The average molecular weight is 288 g/mol. The molecule has 110 valence electrons. The summed E-state index contributed by atoms with van der Waals surface area (Å²) < 4.78 is 37.5. The maximum atomic E-state index is 12.5. The van der Waals surface area contributed by atoms with Gasteiger partial charge in [-0.25, -0.2) is 4.79 Å². The number of carboxylic acid groups (broad SMARTS) is 1. The van der Waals surface area contributed by atoms with Crippen molar-refractivity contribution < 1.29 is 23.1 Å². The van der Waals surface area contributed by atoms with Gasteiger partial charge in [0.15, 0.2) is 0 Å². The molecule has 1 fully saturated rings. The van der Waals surface area contributed by atoms with Gasteiger partial charge < -0.3 is 10.4 Å². The van der Waals surface area contributed by atoms with E-state index in [1.165, 1.54) is 12.1 Å². The van der Waals surface area contributed by atoms with E-state index >= 15 is 0 Å². The van der Waals surface area contributed by atoms with E-state index < -0.39 is 17.8 Å². The number of rotatable bonds is 2. The highest BCUT2D eigenvalue weighted by molar-refractivity contribution is 5.86. The van der Waals surface area contributed by atoms with Crippen molar-refractivity contribution in [3.63, 3.8) is 0 Å². The fourth-order valence-electron chi connectivity index (χ4n) is 2.34. The molecule has 7 heteroatoms. The van der Waals surface area contributed by atoms with Gasteiger partial charge >= 0.3 is 12.3 Å². The number of carbonyl (C=O) groups is 1. The summed E-state index contributed by atoms with van der Waals surface area (Å²) in [6, 6.07) is 3.96. The zero-order chi connectivity index (χ0) is 14.8. The minimum Gasteiger partial charge on any atom is -0.465 e. The van der Waals surface area contributed by atoms with Crippen LogP contribution in [0.5, 0.6) is 0 Å². The molecule has 0 unspecified atom stereocenters. The van der Waals surface area contributed by atoms with Crippen LogP contribution in [0.2, 0.25) is 0 Å². The number of alkyl halides is 3. The van der Waals surface area contributed by atoms with E-state index in [1.54, 1.807) is 0 Å². The van der Waals surface area contributed by atoms with Gasteiger partial charge in [-0.1, -0.05) is 0 Å². The second-order valence-electron chi connectivity index (χ2n) is 4.70. The molecule has 1 aromatic rings. The van der Waals surface area contributed by atoms with Crippen LogP contribution in [0.15, 0.2) is 24.3 Å². The standard InChI is InChI=1S/C13H15F3N2O2/c14-13(15,16)9-3-5-10(6-4-9)18(12(19)20)11-2-1-7-17-8-11/h3-6,11,17H,1-2,7-8H2,(H,19,20)/t11-/m1/s1. The molecule has 1 heterocycles. The SMILES string of the molecule is O=C(O)N(c1ccc(C(F)(F)F)cc1)[C@@H]1CCCNC1. The minimum absolute atomic E-state index is 0.252. The Morgan fingerprint density at radius 3 is 2.40 bits per heavy atom. The lowest BCUT2D eigenvalue weighted by Gasteiger charge is -2.32. The molecular weight excluding hydrogens is 273 g/mol. The van der Waals surface area contributed by atoms with Crippen molar-refractivity contribution in [2.45, 2.75) is 25.1 Å². The molecule has 0 spiro atoms. The van der Waals surface area contributed by atoms with Crippen LogP contribution in [-0.2, 0) is 6.18 Å². The fourth-order valence-corrected chi connectivity index (χ4v) is 2.34. The largest absolute Gasteiger partial charge is 0.465 e. The molecule has 0 aliphatic carbocycles. The number of halogens is 3. The third-order valence-electron chi connectivity index (χ3n) is 3.31. The summed E-state index contributed by atoms with van der Waals surface area (Å²) >= 11 is 0. The molecule has 1 aliphatic rings. The second kappa shape index (κ2) is 5.70. The van der Waals surface area contributed by atoms with Gasteiger partial charge in [0.05, 0.1) is 11.6 Å². The highest BCUT2D eigenvalue weighted by Crippen LogP contribution is 2.31. The fraction of sp³-hybridized carbons (Fsp3) is 0.462. The highest BCUT2D eigenvalue weighted by Gasteiger charge is 2.31. The first kappa shape index (κ1) is 14.6. The van der Waals surface area contributed by atoms with E-state index in [2.05, 4.69) is 5.32 Å². The molecule has 4 nitrogen and oxygen atoms in total. The molecular formula is C13H15F3N2O2. The second-order valence-corrected chi connectivity index (χ2v) is 4.70. The van der Waals surface area contributed by atoms with E-state index in [0.29, 0.717) is 13.0 Å². The molecule has 1 amide bonds. The van der Waals surface area contributed by atoms with Crippen LogP contribution in [0.3, 0.4) is 0 Å². The van der Waals surface area contributed by atoms with Crippen LogP contribution in [-0.4, -0.2) is 30.3 Å². The average Bonchev–Trinajstić information content (AvgIpc) is 2.39. The van der Waals surface area contributed by atoms with Crippen molar-refractivity contribution in [1.29, 1.82) is 0 Å². The third kappa shape index (κ3) is 3.22. The van der Waals surface area contributed by atoms with Gasteiger partial charge in [0.1, 0.15) is 0 Å². The first-order valence-electron chi connectivity index (χ1n) is 6.30. The highest BCUT2D eigenvalue weighted by atomic mass is 19.4. The van der Waals surface area contributed by atoms with E-state index in [4.69, 9.17) is 0 Å². The summed E-state index contributed by atoms with van der Waals surface area (Å²) in [5, 5.41) is 12.4. The Kier molecular flexibility index (Phi) is 4.17. The predicted octanol–water partition coefficient (Wildman–Crippen LogP) is 2.94. The number of amides is 1. The maximum Gasteiger partial charge on any atom is 0.416 e. The molecule has 0 saturated carbocycles. The van der Waals surface area contributed by atoms with Crippen LogP contribution in [0.4, 0.5) is 23.7 Å². The van der Waals surface area contributed by atoms with Crippen LogP contribution < -0.4 is 10.2 Å². The Labute approximate surface area is 114 Å². The number of nitrogens with zero attached hydrogens (tertiary/aromatic N) is 1. The molecule has 1 atom stereocenters. The van der Waals surface area contributed by atoms with Crippen molar-refractivity contribution in [2.75, 3.05) is 18.0 Å². The van der Waals surface area contributed by atoms with Gasteiger partial charge in [-0.2, -0.15) is 13.2 Å². The zero-order valence-corrected chi connectivity index (χ0v) is 10.7. The Bertz CT molecular complexity index is 467. The molecule has 0 bridgehead atoms. The topological polar surface area (TPSA) is 52.6 Å². The van der Waals surface area contributed by atoms with E-state index in [-0.39, 0.29) is 11.7 Å². The van der Waals surface area contributed by atoms with Crippen LogP contribution in [0, 0.1) is 0 Å². The van der Waals surface area contributed by atoms with E-state index in [1.807, 2.05) is 0 Å². The lowest BCUT2D eigenvalue weighted by molar-refractivity contribution is -0.137. The quantitative estimate of drug-likeness (QED) is 0.879. The van der Waals surface area contributed by atoms with Gasteiger partial charge in [0.25, 0.3) is 0 Å². The number of anilines is 1. The minimum atomic E-state index is -4.42. The van der Waals surface area contributed by atoms with Gasteiger partial charge in [0.2, 0.25) is 0 Å². The Morgan fingerprint density at radius 1 is 1.30 bits per heavy atom. The van der Waals surface area contributed by atoms with Gasteiger partial charge in [-0.3, -0.25) is 4.90 Å². The van der Waals surface area contributed by atoms with Crippen molar-refractivity contribution in [2.24, 2.45) is 0 Å². The summed E-state index contributed by atoms with van der Waals surface area (Å²) in [5.41, 5.74) is -0.521. The maximum absolute atomic E-state index is 12.5. The van der Waals surface area contributed by atoms with Gasteiger partial charge in [-0.15, -0.1) is 0 Å². The van der Waals surface area contributed by atoms with Crippen LogP contribution in [0.1, 0.15) is 18.4 Å². The molecule has 1 aromatic carbocycles. The number of benzene rings is 1. The lowest BCUT2D eigenvalue weighted by Crippen LogP contribution is -2.48.